The van der Waals surface area contributed by atoms with Crippen LogP contribution in [0.1, 0.15) is 43.0 Å². The van der Waals surface area contributed by atoms with E-state index >= 15 is 0 Å². The topological polar surface area (TPSA) is 124 Å². The van der Waals surface area contributed by atoms with Crippen LogP contribution in [-0.2, 0) is 4.79 Å². The van der Waals surface area contributed by atoms with Crippen molar-refractivity contribution >= 4 is 41.5 Å². The summed E-state index contributed by atoms with van der Waals surface area (Å²) in [5.41, 5.74) is 12.7. The second-order valence-corrected chi connectivity index (χ2v) is 9.71. The number of aliphatic carboxylic acids is 1. The van der Waals surface area contributed by atoms with E-state index < -0.39 is 30.1 Å². The van der Waals surface area contributed by atoms with Gasteiger partial charge in [0.25, 0.3) is 0 Å². The minimum atomic E-state index is -4.86. The Bertz CT molecular complexity index is 1390. The monoisotopic (exact) mass is 600 g/mol. The van der Waals surface area contributed by atoms with Gasteiger partial charge < -0.3 is 21.3 Å². The van der Waals surface area contributed by atoms with E-state index in [4.69, 9.17) is 32.9 Å². The highest BCUT2D eigenvalue weighted by Gasteiger charge is 2.44. The van der Waals surface area contributed by atoms with Gasteiger partial charge in [0.05, 0.1) is 5.69 Å². The lowest BCUT2D eigenvalue weighted by atomic mass is 9.84. The van der Waals surface area contributed by atoms with Gasteiger partial charge in [-0.15, -0.1) is 12.4 Å². The van der Waals surface area contributed by atoms with Crippen molar-refractivity contribution in [2.24, 2.45) is 11.7 Å². The van der Waals surface area contributed by atoms with Crippen LogP contribution in [0, 0.1) is 11.7 Å². The van der Waals surface area contributed by atoms with Gasteiger partial charge in [0, 0.05) is 16.7 Å². The molecule has 0 aliphatic heterocycles. The molecule has 3 aromatic rings. The molecule has 214 valence electrons. The van der Waals surface area contributed by atoms with E-state index in [1.54, 1.807) is 0 Å². The van der Waals surface area contributed by atoms with E-state index in [9.17, 15) is 22.4 Å². The van der Waals surface area contributed by atoms with Crippen molar-refractivity contribution in [2.45, 2.75) is 44.0 Å². The van der Waals surface area contributed by atoms with Crippen molar-refractivity contribution in [1.29, 1.82) is 0 Å². The Kier molecular flexibility index (Phi) is 9.99. The van der Waals surface area contributed by atoms with Gasteiger partial charge in [-0.1, -0.05) is 35.9 Å². The molecule has 1 aliphatic rings. The minimum Gasteiger partial charge on any atom is -0.480 e. The maximum atomic E-state index is 14.4. The van der Waals surface area contributed by atoms with E-state index in [1.807, 2.05) is 6.08 Å². The molecule has 4 rings (SSSR count). The molecule has 1 aromatic heterocycles. The quantitative estimate of drug-likeness (QED) is 0.248. The molecule has 0 saturated carbocycles. The minimum absolute atomic E-state index is 0. The number of nitrogen functional groups attached to an aromatic ring is 1. The number of hydrogen-bond acceptors (Lipinski definition) is 6. The summed E-state index contributed by atoms with van der Waals surface area (Å²) < 4.78 is 62.0. The van der Waals surface area contributed by atoms with Crippen LogP contribution in [-0.4, -0.2) is 33.3 Å². The number of carboxylic acids is 1. The first kappa shape index (κ1) is 31.1. The lowest BCUT2D eigenvalue weighted by Crippen LogP contribution is -2.32. The van der Waals surface area contributed by atoms with Crippen LogP contribution in [0.5, 0.6) is 5.88 Å². The van der Waals surface area contributed by atoms with Gasteiger partial charge >= 0.3 is 12.1 Å². The third-order valence-electron chi connectivity index (χ3n) is 6.46. The van der Waals surface area contributed by atoms with E-state index in [2.05, 4.69) is 9.97 Å². The van der Waals surface area contributed by atoms with Gasteiger partial charge in [-0.2, -0.15) is 18.2 Å². The molecule has 5 N–H and O–H groups in total. The number of ether oxygens (including phenoxy) is 1. The molecule has 13 heteroatoms. The Morgan fingerprint density at radius 2 is 1.85 bits per heavy atom. The molecule has 3 unspecified atom stereocenters. The molecule has 1 aliphatic carbocycles. The van der Waals surface area contributed by atoms with Gasteiger partial charge in [-0.05, 0) is 72.6 Å². The number of nitrogens with zero attached hydrogens (tertiary/aromatic N) is 2. The lowest BCUT2D eigenvalue weighted by Gasteiger charge is -2.25. The normalized spacial score (nSPS) is 16.9. The Morgan fingerprint density at radius 1 is 1.15 bits per heavy atom. The second kappa shape index (κ2) is 12.8. The van der Waals surface area contributed by atoms with E-state index in [0.717, 1.165) is 17.7 Å². The van der Waals surface area contributed by atoms with Gasteiger partial charge in [0.1, 0.15) is 11.9 Å². The summed E-state index contributed by atoms with van der Waals surface area (Å²) in [6.45, 7) is 0. The van der Waals surface area contributed by atoms with Gasteiger partial charge in [0.2, 0.25) is 17.9 Å². The van der Waals surface area contributed by atoms with Crippen LogP contribution < -0.4 is 16.2 Å². The number of alkyl halides is 3. The van der Waals surface area contributed by atoms with Crippen molar-refractivity contribution in [1.82, 2.24) is 9.97 Å². The molecular weight excluding hydrogens is 575 g/mol. The van der Waals surface area contributed by atoms with Crippen molar-refractivity contribution in [2.75, 3.05) is 5.73 Å². The standard InChI is InChI=1S/C27H25ClF4N4O3.ClH/c28-17-7-10-19(20(12-17)15-5-8-18(29)9-6-15)24(27(30,31)32)39-23-13-22(35-26(34)36-23)16-3-1-14(2-4-16)11-21(33)25(37)38;/h3,5-10,12-14,21,24H,1-2,4,11,33H2,(H,37,38)(H2,34,35,36);1H. The molecule has 3 atom stereocenters. The smallest absolute Gasteiger partial charge is 0.429 e. The molecule has 0 spiro atoms. The predicted molar refractivity (Wildman–Crippen MR) is 146 cm³/mol. The van der Waals surface area contributed by atoms with E-state index in [1.165, 1.54) is 36.4 Å². The summed E-state index contributed by atoms with van der Waals surface area (Å²) in [6, 6.07) is 9.17. The largest absolute Gasteiger partial charge is 0.480 e. The summed E-state index contributed by atoms with van der Waals surface area (Å²) in [5, 5.41) is 9.23. The highest BCUT2D eigenvalue weighted by Crippen LogP contribution is 2.42. The molecule has 0 amide bonds. The summed E-state index contributed by atoms with van der Waals surface area (Å²) in [7, 11) is 0. The summed E-state index contributed by atoms with van der Waals surface area (Å²) >= 11 is 6.08. The fourth-order valence-electron chi connectivity index (χ4n) is 4.53. The lowest BCUT2D eigenvalue weighted by molar-refractivity contribution is -0.198. The number of carbonyl (C=O) groups is 1. The molecule has 7 nitrogen and oxygen atoms in total. The predicted octanol–water partition coefficient (Wildman–Crippen LogP) is 6.61. The van der Waals surface area contributed by atoms with Crippen LogP contribution in [0.3, 0.4) is 0 Å². The molecule has 40 heavy (non-hydrogen) atoms. The fraction of sp³-hybridized carbons (Fsp3) is 0.296. The molecule has 1 heterocycles. The molecular formula is C27H26Cl2F4N4O3. The van der Waals surface area contributed by atoms with Crippen molar-refractivity contribution in [3.63, 3.8) is 0 Å². The molecule has 0 saturated heterocycles. The van der Waals surface area contributed by atoms with Crippen LogP contribution in [0.25, 0.3) is 16.7 Å². The van der Waals surface area contributed by atoms with Gasteiger partial charge in [-0.25, -0.2) is 9.37 Å². The number of halogens is 6. The second-order valence-electron chi connectivity index (χ2n) is 9.28. The summed E-state index contributed by atoms with van der Waals surface area (Å²) in [5.74, 6) is -2.20. The van der Waals surface area contributed by atoms with Crippen LogP contribution in [0.2, 0.25) is 5.02 Å². The fourth-order valence-corrected chi connectivity index (χ4v) is 4.70. The maximum Gasteiger partial charge on any atom is 0.429 e. The highest BCUT2D eigenvalue weighted by atomic mass is 35.5. The molecule has 0 fully saturated rings. The average molecular weight is 601 g/mol. The zero-order valence-corrected chi connectivity index (χ0v) is 22.4. The third kappa shape index (κ3) is 7.61. The summed E-state index contributed by atoms with van der Waals surface area (Å²) in [6.07, 6.45) is -3.48. The number of carboxylic acid groups (broad SMARTS) is 1. The first-order valence-corrected chi connectivity index (χ1v) is 12.4. The number of nitrogens with two attached hydrogens (primary N) is 2. The number of allylic oxidation sites excluding steroid dienone is 2. The Balaban J connectivity index is 0.00000441. The Morgan fingerprint density at radius 3 is 2.45 bits per heavy atom. The zero-order valence-electron chi connectivity index (χ0n) is 20.9. The number of aromatic nitrogens is 2. The maximum absolute atomic E-state index is 14.4. The zero-order chi connectivity index (χ0) is 28.3. The SMILES string of the molecule is Cl.Nc1nc(OC(c2ccc(Cl)cc2-c2ccc(F)cc2)C(F)(F)F)cc(C2=CCC(CC(N)C(=O)O)CC2)n1. The number of benzene rings is 2. The van der Waals surface area contributed by atoms with Crippen molar-refractivity contribution in [3.8, 4) is 17.0 Å². The van der Waals surface area contributed by atoms with E-state index in [0.29, 0.717) is 36.9 Å². The Hall–Kier alpha value is -3.41. The summed E-state index contributed by atoms with van der Waals surface area (Å²) in [4.78, 5) is 19.1. The number of rotatable bonds is 8. The van der Waals surface area contributed by atoms with Crippen molar-refractivity contribution in [3.05, 3.63) is 76.7 Å². The van der Waals surface area contributed by atoms with Crippen LogP contribution in [0.4, 0.5) is 23.5 Å². The van der Waals surface area contributed by atoms with Crippen molar-refractivity contribution < 1.29 is 32.2 Å². The Labute approximate surface area is 238 Å². The molecule has 2 aromatic carbocycles. The van der Waals surface area contributed by atoms with Gasteiger partial charge in [-0.3, -0.25) is 4.79 Å². The van der Waals surface area contributed by atoms with Crippen LogP contribution in [0.15, 0.2) is 54.6 Å². The van der Waals surface area contributed by atoms with Gasteiger partial charge in [0.15, 0.2) is 0 Å². The van der Waals surface area contributed by atoms with Crippen LogP contribution >= 0.6 is 24.0 Å². The first-order chi connectivity index (χ1) is 18.4. The third-order valence-corrected chi connectivity index (χ3v) is 6.70. The number of anilines is 1. The highest BCUT2D eigenvalue weighted by molar-refractivity contribution is 6.30. The number of hydrogen-bond donors (Lipinski definition) is 3. The average Bonchev–Trinajstić information content (AvgIpc) is 2.87. The molecule has 0 radical (unpaired) electrons. The molecule has 0 bridgehead atoms. The first-order valence-electron chi connectivity index (χ1n) is 12.0. The van der Waals surface area contributed by atoms with E-state index in [-0.39, 0.29) is 46.3 Å².